The largest absolute Gasteiger partial charge is 0.453 e. The third kappa shape index (κ3) is 9.58. The molecule has 3 aromatic carbocycles. The van der Waals surface area contributed by atoms with Gasteiger partial charge in [-0.1, -0.05) is 78.9 Å². The van der Waals surface area contributed by atoms with Crippen LogP contribution in [-0.2, 0) is 20.7 Å². The molecule has 1 saturated heterocycles. The molecule has 1 unspecified atom stereocenters. The van der Waals surface area contributed by atoms with Crippen molar-refractivity contribution in [3.8, 4) is 0 Å². The molecule has 1 aliphatic heterocycles. The van der Waals surface area contributed by atoms with Crippen LogP contribution in [0.2, 0.25) is 0 Å². The molecule has 0 saturated carbocycles. The number of ether oxygens (including phenoxy) is 2. The first-order valence-electron chi connectivity index (χ1n) is 15.5. The number of nitrogens with one attached hydrogen (secondary N) is 5. The summed E-state index contributed by atoms with van der Waals surface area (Å²) in [5.74, 6) is -0.461. The van der Waals surface area contributed by atoms with Gasteiger partial charge in [0.05, 0.1) is 19.8 Å². The Kier molecular flexibility index (Phi) is 11.8. The summed E-state index contributed by atoms with van der Waals surface area (Å²) >= 11 is 0. The average molecular weight is 638 g/mol. The molecule has 4 aromatic rings. The van der Waals surface area contributed by atoms with E-state index in [0.29, 0.717) is 44.0 Å². The van der Waals surface area contributed by atoms with Gasteiger partial charge in [0.1, 0.15) is 6.04 Å². The zero-order chi connectivity index (χ0) is 32.8. The topological polar surface area (TPSA) is 156 Å². The molecule has 12 nitrogen and oxygen atoms in total. The van der Waals surface area contributed by atoms with E-state index in [9.17, 15) is 14.4 Å². The van der Waals surface area contributed by atoms with E-state index >= 15 is 0 Å². The number of benzene rings is 3. The minimum absolute atomic E-state index is 0.0353. The summed E-state index contributed by atoms with van der Waals surface area (Å²) in [5.41, 5.74) is 3.37. The Morgan fingerprint density at radius 2 is 1.62 bits per heavy atom. The Balaban J connectivity index is 1.19. The molecule has 47 heavy (non-hydrogen) atoms. The van der Waals surface area contributed by atoms with Gasteiger partial charge in [0.15, 0.2) is 5.82 Å². The number of amides is 4. The van der Waals surface area contributed by atoms with Gasteiger partial charge in [-0.05, 0) is 47.7 Å². The van der Waals surface area contributed by atoms with Crippen LogP contribution in [-0.4, -0.2) is 73.2 Å². The van der Waals surface area contributed by atoms with Crippen LogP contribution >= 0.6 is 0 Å². The highest BCUT2D eigenvalue weighted by atomic mass is 16.5. The number of rotatable bonds is 12. The SMILES string of the molecule is COC(=O)NC(C(=O)Nc1ccccc1CC[C@@H]1CN[C@H](CNC(=O)Nc2cccnn2)CO1)C(c1ccccc1)c1ccccc1. The zero-order valence-corrected chi connectivity index (χ0v) is 26.1. The lowest BCUT2D eigenvalue weighted by Crippen LogP contribution is -2.52. The summed E-state index contributed by atoms with van der Waals surface area (Å²) in [6.45, 7) is 1.45. The van der Waals surface area contributed by atoms with Crippen molar-refractivity contribution in [2.75, 3.05) is 37.4 Å². The van der Waals surface area contributed by atoms with Crippen LogP contribution in [0.3, 0.4) is 0 Å². The molecular weight excluding hydrogens is 598 g/mol. The number of hydrogen-bond acceptors (Lipinski definition) is 8. The van der Waals surface area contributed by atoms with Crippen molar-refractivity contribution in [2.45, 2.75) is 36.9 Å². The molecule has 1 aromatic heterocycles. The first kappa shape index (κ1) is 33.0. The van der Waals surface area contributed by atoms with Gasteiger partial charge in [0.25, 0.3) is 0 Å². The van der Waals surface area contributed by atoms with E-state index in [1.807, 2.05) is 84.9 Å². The lowest BCUT2D eigenvalue weighted by Gasteiger charge is -2.31. The monoisotopic (exact) mass is 637 g/mol. The maximum atomic E-state index is 14.0. The van der Waals surface area contributed by atoms with Crippen molar-refractivity contribution < 1.29 is 23.9 Å². The van der Waals surface area contributed by atoms with Crippen molar-refractivity contribution in [1.82, 2.24) is 26.1 Å². The second-order valence-electron chi connectivity index (χ2n) is 11.1. The summed E-state index contributed by atoms with van der Waals surface area (Å²) in [6.07, 6.45) is 2.16. The Bertz CT molecular complexity index is 1550. The Labute approximate surface area is 273 Å². The highest BCUT2D eigenvalue weighted by Gasteiger charge is 2.33. The summed E-state index contributed by atoms with van der Waals surface area (Å²) < 4.78 is 11.0. The zero-order valence-electron chi connectivity index (χ0n) is 26.1. The van der Waals surface area contributed by atoms with Crippen molar-refractivity contribution in [3.05, 3.63) is 120 Å². The van der Waals surface area contributed by atoms with Gasteiger partial charge in [-0.2, -0.15) is 5.10 Å². The van der Waals surface area contributed by atoms with Crippen molar-refractivity contribution in [3.63, 3.8) is 0 Å². The maximum Gasteiger partial charge on any atom is 0.407 e. The van der Waals surface area contributed by atoms with Crippen LogP contribution in [0.25, 0.3) is 0 Å². The highest BCUT2D eigenvalue weighted by Crippen LogP contribution is 2.30. The second kappa shape index (κ2) is 16.8. The normalized spacial score (nSPS) is 16.5. The average Bonchev–Trinajstić information content (AvgIpc) is 3.11. The summed E-state index contributed by atoms with van der Waals surface area (Å²) in [5, 5.41) is 22.3. The van der Waals surface area contributed by atoms with Crippen LogP contribution in [0.1, 0.15) is 29.0 Å². The molecule has 2 heterocycles. The summed E-state index contributed by atoms with van der Waals surface area (Å²) in [4.78, 5) is 38.7. The number of methoxy groups -OCH3 is 1. The number of carbonyl (C=O) groups is 3. The number of aromatic nitrogens is 2. The van der Waals surface area contributed by atoms with Gasteiger partial charge < -0.3 is 30.7 Å². The molecule has 0 radical (unpaired) electrons. The van der Waals surface area contributed by atoms with Crippen LogP contribution in [0, 0.1) is 0 Å². The number of aryl methyl sites for hydroxylation is 1. The highest BCUT2D eigenvalue weighted by molar-refractivity contribution is 5.98. The van der Waals surface area contributed by atoms with Gasteiger partial charge >= 0.3 is 12.1 Å². The molecule has 4 amide bonds. The van der Waals surface area contributed by atoms with E-state index in [1.54, 1.807) is 12.1 Å². The number of anilines is 2. The Hall–Kier alpha value is -5.33. The smallest absolute Gasteiger partial charge is 0.407 e. The molecule has 0 bridgehead atoms. The molecular formula is C35H39N7O5. The number of urea groups is 1. The fraction of sp³-hybridized carbons (Fsp3) is 0.286. The van der Waals surface area contributed by atoms with Gasteiger partial charge in [-0.15, -0.1) is 5.10 Å². The molecule has 5 N–H and O–H groups in total. The Morgan fingerprint density at radius 1 is 0.915 bits per heavy atom. The van der Waals surface area contributed by atoms with E-state index in [4.69, 9.17) is 9.47 Å². The van der Waals surface area contributed by atoms with Gasteiger partial charge in [0, 0.05) is 36.9 Å². The lowest BCUT2D eigenvalue weighted by molar-refractivity contribution is -0.118. The second-order valence-corrected chi connectivity index (χ2v) is 11.1. The van der Waals surface area contributed by atoms with Crippen molar-refractivity contribution >= 4 is 29.5 Å². The number of hydrogen-bond donors (Lipinski definition) is 5. The number of para-hydroxylation sites is 1. The standard InChI is InChI=1S/C35H39N7O5/c1-46-35(45)41-32(31(25-12-4-2-5-13-25)26-14-6-3-7-15-26)33(43)39-29-16-9-8-11-24(29)18-19-28-22-36-27(23-47-28)21-37-34(44)40-30-17-10-20-38-42-30/h2-17,20,27-28,31-32,36H,18-19,21-23H2,1H3,(H,39,43)(H,41,45)(H2,37,40,42,44)/t27-,28-,32?/m1/s1. The molecule has 244 valence electrons. The fourth-order valence-corrected chi connectivity index (χ4v) is 5.50. The minimum Gasteiger partial charge on any atom is -0.453 e. The Morgan fingerprint density at radius 3 is 2.26 bits per heavy atom. The molecule has 1 fully saturated rings. The molecule has 3 atom stereocenters. The van der Waals surface area contributed by atoms with Crippen LogP contribution in [0.15, 0.2) is 103 Å². The first-order chi connectivity index (χ1) is 23.0. The third-order valence-corrected chi connectivity index (χ3v) is 7.89. The molecule has 0 spiro atoms. The number of alkyl carbamates (subject to hydrolysis) is 1. The van der Waals surface area contributed by atoms with E-state index in [0.717, 1.165) is 16.7 Å². The van der Waals surface area contributed by atoms with Crippen molar-refractivity contribution in [2.24, 2.45) is 0 Å². The van der Waals surface area contributed by atoms with E-state index < -0.39 is 18.1 Å². The lowest BCUT2D eigenvalue weighted by atomic mass is 9.84. The van der Waals surface area contributed by atoms with Crippen LogP contribution < -0.4 is 26.6 Å². The first-order valence-corrected chi connectivity index (χ1v) is 15.5. The molecule has 5 rings (SSSR count). The van der Waals surface area contributed by atoms with Gasteiger partial charge in [-0.3, -0.25) is 10.1 Å². The van der Waals surface area contributed by atoms with Crippen LogP contribution in [0.5, 0.6) is 0 Å². The number of morpholine rings is 1. The molecule has 0 aliphatic carbocycles. The van der Waals surface area contributed by atoms with Crippen LogP contribution in [0.4, 0.5) is 21.1 Å². The number of carbonyl (C=O) groups excluding carboxylic acids is 3. The number of nitrogens with zero attached hydrogens (tertiary/aromatic N) is 2. The van der Waals surface area contributed by atoms with Gasteiger partial charge in [0.2, 0.25) is 5.91 Å². The molecule has 1 aliphatic rings. The predicted octanol–water partition coefficient (Wildman–Crippen LogP) is 4.08. The van der Waals surface area contributed by atoms with E-state index in [2.05, 4.69) is 36.8 Å². The minimum atomic E-state index is -0.959. The summed E-state index contributed by atoms with van der Waals surface area (Å²) in [6, 6.07) is 28.9. The maximum absolute atomic E-state index is 14.0. The van der Waals surface area contributed by atoms with Crippen molar-refractivity contribution in [1.29, 1.82) is 0 Å². The van der Waals surface area contributed by atoms with Gasteiger partial charge in [-0.25, -0.2) is 9.59 Å². The van der Waals surface area contributed by atoms with E-state index in [-0.39, 0.29) is 24.1 Å². The predicted molar refractivity (Wildman–Crippen MR) is 178 cm³/mol. The molecule has 12 heteroatoms. The quantitative estimate of drug-likeness (QED) is 0.156. The summed E-state index contributed by atoms with van der Waals surface area (Å²) in [7, 11) is 1.28. The third-order valence-electron chi connectivity index (χ3n) is 7.89. The van der Waals surface area contributed by atoms with E-state index in [1.165, 1.54) is 13.3 Å². The fourth-order valence-electron chi connectivity index (χ4n) is 5.50.